The summed E-state index contributed by atoms with van der Waals surface area (Å²) >= 11 is 0. The first-order valence-corrected chi connectivity index (χ1v) is 6.66. The largest absolute Gasteiger partial charge is 0.355 e. The molecule has 0 atom stereocenters. The second-order valence-electron chi connectivity index (χ2n) is 4.66. The van der Waals surface area contributed by atoms with Gasteiger partial charge in [-0.05, 0) is 0 Å². The number of carbonyl (C=O) groups is 1. The number of hydrogen-bond donors (Lipinski definition) is 2. The molecule has 0 fully saturated rings. The molecule has 0 aliphatic heterocycles. The molecule has 2 heterocycles. The Hall–Kier alpha value is -3.09. The summed E-state index contributed by atoms with van der Waals surface area (Å²) in [6.07, 6.45) is 10.7. The van der Waals surface area contributed by atoms with E-state index in [-0.39, 0.29) is 0 Å². The van der Waals surface area contributed by atoms with E-state index in [0.717, 1.165) is 11.1 Å². The van der Waals surface area contributed by atoms with Gasteiger partial charge in [-0.15, -0.1) is 0 Å². The molecule has 0 radical (unpaired) electrons. The van der Waals surface area contributed by atoms with Crippen LogP contribution < -0.4 is 20.0 Å². The first-order chi connectivity index (χ1) is 10.6. The molecule has 2 N–H and O–H groups in total. The molecule has 0 saturated carbocycles. The lowest BCUT2D eigenvalue weighted by Gasteiger charge is -1.97. The second kappa shape index (κ2) is 7.63. The molecule has 7 heteroatoms. The maximum absolute atomic E-state index is 11.5. The predicted octanol–water partition coefficient (Wildman–Crippen LogP) is 0.00280. The first-order valence-electron chi connectivity index (χ1n) is 6.66. The van der Waals surface area contributed by atoms with Crippen molar-refractivity contribution in [2.75, 3.05) is 0 Å². The van der Waals surface area contributed by atoms with E-state index in [1.807, 2.05) is 72.3 Å². The summed E-state index contributed by atoms with van der Waals surface area (Å²) in [5.41, 5.74) is 6.45. The summed E-state index contributed by atoms with van der Waals surface area (Å²) in [6.45, 7) is 0. The molecule has 22 heavy (non-hydrogen) atoms. The molecule has 2 amide bonds. The third kappa shape index (κ3) is 5.12. The number of hydrazone groups is 2. The number of aryl methyl sites for hydroxylation is 2. The van der Waals surface area contributed by atoms with Gasteiger partial charge in [0.25, 0.3) is 0 Å². The molecule has 0 bridgehead atoms. The Morgan fingerprint density at radius 3 is 1.59 bits per heavy atom. The highest BCUT2D eigenvalue weighted by atomic mass is 16.2. The van der Waals surface area contributed by atoms with Crippen molar-refractivity contribution in [1.82, 2.24) is 10.9 Å². The number of aromatic nitrogens is 2. The van der Waals surface area contributed by atoms with Crippen LogP contribution in [0.2, 0.25) is 0 Å². The Morgan fingerprint density at radius 1 is 0.864 bits per heavy atom. The fourth-order valence-electron chi connectivity index (χ4n) is 1.55. The molecule has 2 aromatic rings. The van der Waals surface area contributed by atoms with Gasteiger partial charge in [0, 0.05) is 35.4 Å². The van der Waals surface area contributed by atoms with Crippen LogP contribution in [0.1, 0.15) is 11.1 Å². The average molecular weight is 298 g/mol. The Morgan fingerprint density at radius 2 is 1.23 bits per heavy atom. The van der Waals surface area contributed by atoms with Crippen molar-refractivity contribution in [3.05, 3.63) is 60.2 Å². The topological polar surface area (TPSA) is 73.6 Å². The Kier molecular flexibility index (Phi) is 5.31. The molecular weight excluding hydrogens is 280 g/mol. The monoisotopic (exact) mass is 298 g/mol. The molecule has 7 nitrogen and oxygen atoms in total. The van der Waals surface area contributed by atoms with Crippen LogP contribution in [0, 0.1) is 0 Å². The highest BCUT2D eigenvalue weighted by Gasteiger charge is 1.96. The lowest BCUT2D eigenvalue weighted by Crippen LogP contribution is -2.29. The van der Waals surface area contributed by atoms with Crippen molar-refractivity contribution in [2.24, 2.45) is 24.3 Å². The van der Waals surface area contributed by atoms with Gasteiger partial charge < -0.3 is 0 Å². The van der Waals surface area contributed by atoms with Crippen molar-refractivity contribution in [3.8, 4) is 0 Å². The van der Waals surface area contributed by atoms with E-state index in [1.54, 1.807) is 12.4 Å². The van der Waals surface area contributed by atoms with Gasteiger partial charge in [-0.25, -0.2) is 24.8 Å². The molecule has 0 spiro atoms. The summed E-state index contributed by atoms with van der Waals surface area (Å²) in [4.78, 5) is 11.5. The zero-order valence-corrected chi connectivity index (χ0v) is 12.5. The minimum absolute atomic E-state index is 0.504. The molecule has 2 aromatic heterocycles. The van der Waals surface area contributed by atoms with Crippen LogP contribution >= 0.6 is 0 Å². The van der Waals surface area contributed by atoms with Gasteiger partial charge in [0.15, 0.2) is 24.8 Å². The SMILES string of the molecule is C[n+]1ccc(/C=N/NC(=O)N/N=C/c2cc[n+](C)cc2)cc1. The number of carbonyl (C=O) groups excluding carboxylic acids is 1. The van der Waals surface area contributed by atoms with Crippen molar-refractivity contribution in [2.45, 2.75) is 0 Å². The fourth-order valence-corrected chi connectivity index (χ4v) is 1.55. The molecule has 0 unspecified atom stereocenters. The summed E-state index contributed by atoms with van der Waals surface area (Å²) in [5, 5.41) is 7.67. The van der Waals surface area contributed by atoms with Gasteiger partial charge in [0.05, 0.1) is 12.4 Å². The fraction of sp³-hybridized carbons (Fsp3) is 0.133. The van der Waals surface area contributed by atoms with Crippen molar-refractivity contribution in [3.63, 3.8) is 0 Å². The highest BCUT2D eigenvalue weighted by molar-refractivity contribution is 5.83. The number of nitrogens with one attached hydrogen (secondary N) is 2. The van der Waals surface area contributed by atoms with Crippen molar-refractivity contribution >= 4 is 18.5 Å². The average Bonchev–Trinajstić information content (AvgIpc) is 2.51. The summed E-state index contributed by atoms with van der Waals surface area (Å²) in [7, 11) is 3.86. The van der Waals surface area contributed by atoms with Crippen LogP contribution in [0.4, 0.5) is 4.79 Å². The third-order valence-corrected chi connectivity index (χ3v) is 2.77. The Bertz CT molecular complexity index is 617. The second-order valence-corrected chi connectivity index (χ2v) is 4.66. The van der Waals surface area contributed by atoms with Crippen LogP contribution in [0.25, 0.3) is 0 Å². The van der Waals surface area contributed by atoms with E-state index < -0.39 is 6.03 Å². The van der Waals surface area contributed by atoms with Gasteiger partial charge in [-0.1, -0.05) is 0 Å². The Balaban J connectivity index is 1.78. The minimum Gasteiger partial charge on any atom is -0.245 e. The van der Waals surface area contributed by atoms with Crippen LogP contribution in [-0.4, -0.2) is 18.5 Å². The van der Waals surface area contributed by atoms with E-state index in [1.165, 1.54) is 0 Å². The van der Waals surface area contributed by atoms with E-state index in [2.05, 4.69) is 21.1 Å². The lowest BCUT2D eigenvalue weighted by molar-refractivity contribution is -0.671. The summed E-state index contributed by atoms with van der Waals surface area (Å²) < 4.78 is 3.82. The van der Waals surface area contributed by atoms with E-state index >= 15 is 0 Å². The van der Waals surface area contributed by atoms with Gasteiger partial charge in [-0.2, -0.15) is 10.2 Å². The van der Waals surface area contributed by atoms with Gasteiger partial charge in [-0.3, -0.25) is 0 Å². The number of amides is 2. The molecular formula is C15H18N6O+2. The normalized spacial score (nSPS) is 11.0. The molecule has 0 aliphatic carbocycles. The molecule has 112 valence electrons. The number of nitrogens with zero attached hydrogens (tertiary/aromatic N) is 4. The number of hydrogen-bond acceptors (Lipinski definition) is 3. The molecule has 0 aromatic carbocycles. The van der Waals surface area contributed by atoms with Gasteiger partial charge in [0.1, 0.15) is 14.1 Å². The van der Waals surface area contributed by atoms with Crippen LogP contribution in [0.3, 0.4) is 0 Å². The number of urea groups is 1. The number of pyridine rings is 2. The van der Waals surface area contributed by atoms with Gasteiger partial charge >= 0.3 is 6.03 Å². The predicted molar refractivity (Wildman–Crippen MR) is 82.1 cm³/mol. The van der Waals surface area contributed by atoms with Crippen molar-refractivity contribution in [1.29, 1.82) is 0 Å². The first kappa shape index (κ1) is 15.3. The highest BCUT2D eigenvalue weighted by Crippen LogP contribution is 1.90. The minimum atomic E-state index is -0.504. The number of rotatable bonds is 4. The zero-order valence-electron chi connectivity index (χ0n) is 12.5. The van der Waals surface area contributed by atoms with Crippen LogP contribution in [-0.2, 0) is 14.1 Å². The van der Waals surface area contributed by atoms with E-state index in [0.29, 0.717) is 0 Å². The summed E-state index contributed by atoms with van der Waals surface area (Å²) in [6, 6.07) is 7.04. The molecule has 0 saturated heterocycles. The smallest absolute Gasteiger partial charge is 0.245 e. The lowest BCUT2D eigenvalue weighted by atomic mass is 10.3. The maximum Gasteiger partial charge on any atom is 0.355 e. The quantitative estimate of drug-likeness (QED) is 0.465. The third-order valence-electron chi connectivity index (χ3n) is 2.77. The van der Waals surface area contributed by atoms with Crippen LogP contribution in [0.5, 0.6) is 0 Å². The Labute approximate surface area is 128 Å². The summed E-state index contributed by atoms with van der Waals surface area (Å²) in [5.74, 6) is 0. The standard InChI is InChI=1S/C15H16N6O/c1-20-7-3-13(4-8-20)11-16-18-15(22)19-17-12-14-5-9-21(2)10-6-14/h3-12H,1-2H3/p+2. The zero-order chi connectivity index (χ0) is 15.8. The van der Waals surface area contributed by atoms with Crippen LogP contribution in [0.15, 0.2) is 59.3 Å². The van der Waals surface area contributed by atoms with E-state index in [4.69, 9.17) is 0 Å². The molecule has 2 rings (SSSR count). The van der Waals surface area contributed by atoms with Gasteiger partial charge in [0.2, 0.25) is 0 Å². The molecule has 0 aliphatic rings. The van der Waals surface area contributed by atoms with Crippen molar-refractivity contribution < 1.29 is 13.9 Å². The maximum atomic E-state index is 11.5. The van der Waals surface area contributed by atoms with E-state index in [9.17, 15) is 4.79 Å².